The number of urea groups is 1. The molecule has 0 aromatic heterocycles. The van der Waals surface area contributed by atoms with Crippen LogP contribution in [0, 0.1) is 0 Å². The van der Waals surface area contributed by atoms with E-state index in [0.717, 1.165) is 5.56 Å². The first-order valence-electron chi connectivity index (χ1n) is 5.93. The smallest absolute Gasteiger partial charge is 0.326 e. The molecule has 104 valence electrons. The summed E-state index contributed by atoms with van der Waals surface area (Å²) in [6, 6.07) is 5.88. The average molecular weight is 285 g/mol. The van der Waals surface area contributed by atoms with Gasteiger partial charge in [0, 0.05) is 18.6 Å². The van der Waals surface area contributed by atoms with E-state index in [1.54, 1.807) is 32.2 Å². The van der Waals surface area contributed by atoms with Crippen LogP contribution in [0.1, 0.15) is 18.9 Å². The molecule has 0 aliphatic heterocycles. The quantitative estimate of drug-likeness (QED) is 0.872. The number of carbonyl (C=O) groups is 2. The maximum absolute atomic E-state index is 11.8. The molecule has 1 rings (SSSR count). The Bertz CT molecular complexity index is 465. The zero-order valence-electron chi connectivity index (χ0n) is 10.9. The molecule has 2 N–H and O–H groups in total. The number of amides is 2. The summed E-state index contributed by atoms with van der Waals surface area (Å²) in [6.45, 7) is 2.07. The largest absolute Gasteiger partial charge is 0.480 e. The van der Waals surface area contributed by atoms with E-state index in [2.05, 4.69) is 5.32 Å². The Hall–Kier alpha value is -1.75. The van der Waals surface area contributed by atoms with Gasteiger partial charge in [0.1, 0.15) is 6.04 Å². The number of carbonyl (C=O) groups excluding carboxylic acids is 1. The predicted octanol–water partition coefficient (Wildman–Crippen LogP) is 2.34. The number of halogens is 1. The molecule has 0 aliphatic carbocycles. The lowest BCUT2D eigenvalue weighted by Crippen LogP contribution is -2.46. The average Bonchev–Trinajstić information content (AvgIpc) is 2.35. The van der Waals surface area contributed by atoms with E-state index in [1.165, 1.54) is 4.90 Å². The van der Waals surface area contributed by atoms with Crippen LogP contribution in [0.25, 0.3) is 0 Å². The summed E-state index contributed by atoms with van der Waals surface area (Å²) in [6.07, 6.45) is 0.339. The second kappa shape index (κ2) is 6.99. The minimum atomic E-state index is -1.04. The van der Waals surface area contributed by atoms with Crippen molar-refractivity contribution in [2.45, 2.75) is 25.9 Å². The molecule has 0 aliphatic rings. The van der Waals surface area contributed by atoms with Gasteiger partial charge in [0.05, 0.1) is 0 Å². The summed E-state index contributed by atoms with van der Waals surface area (Å²) in [5, 5.41) is 11.9. The number of rotatable bonds is 5. The number of hydrogen-bond acceptors (Lipinski definition) is 2. The molecule has 0 fully saturated rings. The Morgan fingerprint density at radius 3 is 2.68 bits per heavy atom. The molecule has 0 saturated heterocycles. The van der Waals surface area contributed by atoms with E-state index < -0.39 is 18.0 Å². The van der Waals surface area contributed by atoms with Crippen LogP contribution in [0.5, 0.6) is 0 Å². The fourth-order valence-corrected chi connectivity index (χ4v) is 1.79. The highest BCUT2D eigenvalue weighted by molar-refractivity contribution is 6.30. The minimum Gasteiger partial charge on any atom is -0.480 e. The normalized spacial score (nSPS) is 11.7. The van der Waals surface area contributed by atoms with Gasteiger partial charge >= 0.3 is 12.0 Å². The van der Waals surface area contributed by atoms with Gasteiger partial charge in [-0.25, -0.2) is 9.59 Å². The van der Waals surface area contributed by atoms with Crippen LogP contribution in [0.4, 0.5) is 4.79 Å². The number of nitrogens with one attached hydrogen (secondary N) is 1. The highest BCUT2D eigenvalue weighted by Gasteiger charge is 2.19. The van der Waals surface area contributed by atoms with Crippen LogP contribution >= 0.6 is 11.6 Å². The highest BCUT2D eigenvalue weighted by atomic mass is 35.5. The zero-order valence-corrected chi connectivity index (χ0v) is 11.6. The summed E-state index contributed by atoms with van der Waals surface area (Å²) < 4.78 is 0. The summed E-state index contributed by atoms with van der Waals surface area (Å²) in [7, 11) is 1.60. The molecule has 5 nitrogen and oxygen atoms in total. The Morgan fingerprint density at radius 1 is 1.47 bits per heavy atom. The van der Waals surface area contributed by atoms with Gasteiger partial charge in [0.25, 0.3) is 0 Å². The minimum absolute atomic E-state index is 0.339. The monoisotopic (exact) mass is 284 g/mol. The second-order valence-corrected chi connectivity index (χ2v) is 4.67. The molecule has 19 heavy (non-hydrogen) atoms. The molecule has 1 atom stereocenters. The maximum Gasteiger partial charge on any atom is 0.326 e. The summed E-state index contributed by atoms with van der Waals surface area (Å²) >= 11 is 5.86. The van der Waals surface area contributed by atoms with Crippen molar-refractivity contribution in [1.82, 2.24) is 10.2 Å². The van der Waals surface area contributed by atoms with Crippen molar-refractivity contribution in [2.75, 3.05) is 7.05 Å². The molecule has 0 bridgehead atoms. The zero-order chi connectivity index (χ0) is 14.4. The molecule has 2 amide bonds. The second-order valence-electron chi connectivity index (χ2n) is 4.23. The molecule has 1 aromatic rings. The van der Waals surface area contributed by atoms with Crippen LogP contribution in [0.3, 0.4) is 0 Å². The Balaban J connectivity index is 2.60. The van der Waals surface area contributed by atoms with E-state index in [0.29, 0.717) is 18.0 Å². The van der Waals surface area contributed by atoms with Crippen LogP contribution < -0.4 is 5.32 Å². The molecule has 6 heteroatoms. The van der Waals surface area contributed by atoms with Crippen molar-refractivity contribution >= 4 is 23.6 Å². The summed E-state index contributed by atoms with van der Waals surface area (Å²) in [5.74, 6) is -1.04. The number of carboxylic acid groups (broad SMARTS) is 1. The Morgan fingerprint density at radius 2 is 2.16 bits per heavy atom. The molecular formula is C13H17ClN2O3. The molecule has 0 radical (unpaired) electrons. The number of benzene rings is 1. The number of nitrogens with zero attached hydrogens (tertiary/aromatic N) is 1. The fraction of sp³-hybridized carbons (Fsp3) is 0.385. The van der Waals surface area contributed by atoms with Crippen molar-refractivity contribution in [3.63, 3.8) is 0 Å². The summed E-state index contributed by atoms with van der Waals surface area (Å²) in [5.41, 5.74) is 0.883. The van der Waals surface area contributed by atoms with E-state index in [1.807, 2.05) is 6.07 Å². The van der Waals surface area contributed by atoms with Gasteiger partial charge in [-0.3, -0.25) is 0 Å². The maximum atomic E-state index is 11.8. The van der Waals surface area contributed by atoms with Crippen molar-refractivity contribution in [1.29, 1.82) is 0 Å². The standard InChI is InChI=1S/C13H17ClN2O3/c1-3-11(12(17)18)15-13(19)16(2)8-9-5-4-6-10(14)7-9/h4-7,11H,3,8H2,1-2H3,(H,15,19)(H,17,18)/t11-/m1/s1. The van der Waals surface area contributed by atoms with Crippen molar-refractivity contribution in [2.24, 2.45) is 0 Å². The number of carboxylic acids is 1. The van der Waals surface area contributed by atoms with Crippen LogP contribution in [0.2, 0.25) is 5.02 Å². The third-order valence-corrected chi connectivity index (χ3v) is 2.89. The number of hydrogen-bond donors (Lipinski definition) is 2. The van der Waals surface area contributed by atoms with Gasteiger partial charge in [0.2, 0.25) is 0 Å². The van der Waals surface area contributed by atoms with E-state index in [-0.39, 0.29) is 0 Å². The van der Waals surface area contributed by atoms with Crippen LogP contribution in [-0.2, 0) is 11.3 Å². The Kier molecular flexibility index (Phi) is 5.63. The molecule has 1 aromatic carbocycles. The van der Waals surface area contributed by atoms with Crippen molar-refractivity contribution in [3.8, 4) is 0 Å². The van der Waals surface area contributed by atoms with Gasteiger partial charge in [-0.2, -0.15) is 0 Å². The first-order chi connectivity index (χ1) is 8.93. The molecular weight excluding hydrogens is 268 g/mol. The predicted molar refractivity (Wildman–Crippen MR) is 73.2 cm³/mol. The fourth-order valence-electron chi connectivity index (χ4n) is 1.58. The van der Waals surface area contributed by atoms with E-state index in [4.69, 9.17) is 16.7 Å². The summed E-state index contributed by atoms with van der Waals surface area (Å²) in [4.78, 5) is 24.1. The van der Waals surface area contributed by atoms with E-state index >= 15 is 0 Å². The lowest BCUT2D eigenvalue weighted by atomic mass is 10.2. The van der Waals surface area contributed by atoms with Gasteiger partial charge < -0.3 is 15.3 Å². The SMILES string of the molecule is CC[C@@H](NC(=O)N(C)Cc1cccc(Cl)c1)C(=O)O. The molecule has 0 unspecified atom stereocenters. The molecule has 0 spiro atoms. The van der Waals surface area contributed by atoms with Gasteiger partial charge in [-0.1, -0.05) is 30.7 Å². The highest BCUT2D eigenvalue weighted by Crippen LogP contribution is 2.12. The van der Waals surface area contributed by atoms with Gasteiger partial charge in [0.15, 0.2) is 0 Å². The van der Waals surface area contributed by atoms with Gasteiger partial charge in [-0.15, -0.1) is 0 Å². The van der Waals surface area contributed by atoms with E-state index in [9.17, 15) is 9.59 Å². The lowest BCUT2D eigenvalue weighted by molar-refractivity contribution is -0.139. The lowest BCUT2D eigenvalue weighted by Gasteiger charge is -2.20. The third kappa shape index (κ3) is 4.79. The van der Waals surface area contributed by atoms with Crippen molar-refractivity contribution in [3.05, 3.63) is 34.9 Å². The molecule has 0 heterocycles. The van der Waals surface area contributed by atoms with Gasteiger partial charge in [-0.05, 0) is 24.1 Å². The number of aliphatic carboxylic acids is 1. The third-order valence-electron chi connectivity index (χ3n) is 2.66. The van der Waals surface area contributed by atoms with Crippen LogP contribution in [-0.4, -0.2) is 35.1 Å². The van der Waals surface area contributed by atoms with Crippen LogP contribution in [0.15, 0.2) is 24.3 Å². The first kappa shape index (κ1) is 15.3. The molecule has 0 saturated carbocycles. The topological polar surface area (TPSA) is 69.6 Å². The van der Waals surface area contributed by atoms with Crippen molar-refractivity contribution < 1.29 is 14.7 Å². The first-order valence-corrected chi connectivity index (χ1v) is 6.30. The Labute approximate surface area is 117 Å².